The van der Waals surface area contributed by atoms with Crippen LogP contribution in [0.25, 0.3) is 33.7 Å². The Bertz CT molecular complexity index is 1530. The molecule has 194 valence electrons. The molecule has 0 saturated carbocycles. The zero-order valence-electron chi connectivity index (χ0n) is 20.4. The van der Waals surface area contributed by atoms with Gasteiger partial charge in [-0.1, -0.05) is 24.3 Å². The number of rotatable bonds is 6. The minimum absolute atomic E-state index is 0.0822. The first-order chi connectivity index (χ1) is 17.7. The van der Waals surface area contributed by atoms with E-state index in [0.717, 1.165) is 5.56 Å². The molecule has 2 aromatic carbocycles. The van der Waals surface area contributed by atoms with Gasteiger partial charge in [0.15, 0.2) is 5.82 Å². The third kappa shape index (κ3) is 4.97. The van der Waals surface area contributed by atoms with E-state index in [9.17, 15) is 17.2 Å². The third-order valence-electron chi connectivity index (χ3n) is 6.60. The Kier molecular flexibility index (Phi) is 6.75. The Morgan fingerprint density at radius 1 is 1.19 bits per heavy atom. The summed E-state index contributed by atoms with van der Waals surface area (Å²) in [6.07, 6.45) is 3.79. The van der Waals surface area contributed by atoms with Crippen molar-refractivity contribution in [2.24, 2.45) is 5.73 Å². The molecule has 0 spiro atoms. The minimum Gasteiger partial charge on any atom is -0.328 e. The topological polar surface area (TPSA) is 130 Å². The summed E-state index contributed by atoms with van der Waals surface area (Å²) in [6.45, 7) is 0.698. The Morgan fingerprint density at radius 2 is 1.89 bits per heavy atom. The van der Waals surface area contributed by atoms with Crippen LogP contribution in [0.15, 0.2) is 42.6 Å². The average Bonchev–Trinajstić information content (AvgIpc) is 3.26. The van der Waals surface area contributed by atoms with Crippen molar-refractivity contribution in [3.8, 4) is 22.6 Å². The lowest BCUT2D eigenvalue weighted by molar-refractivity contribution is 0.236. The number of piperidine rings is 1. The fourth-order valence-electron chi connectivity index (χ4n) is 4.81. The van der Waals surface area contributed by atoms with Crippen LogP contribution in [-0.2, 0) is 16.6 Å². The molecule has 2 unspecified atom stereocenters. The first-order valence-corrected chi connectivity index (χ1v) is 13.7. The summed E-state index contributed by atoms with van der Waals surface area (Å²) in [6, 6.07) is 9.41. The van der Waals surface area contributed by atoms with Crippen LogP contribution < -0.4 is 11.1 Å². The Labute approximate surface area is 213 Å². The van der Waals surface area contributed by atoms with E-state index >= 15 is 0 Å². The second kappa shape index (κ2) is 9.86. The van der Waals surface area contributed by atoms with E-state index in [4.69, 9.17) is 5.73 Å². The van der Waals surface area contributed by atoms with Gasteiger partial charge >= 0.3 is 0 Å². The Morgan fingerprint density at radius 3 is 2.54 bits per heavy atom. The number of H-pyrrole nitrogens is 1. The highest BCUT2D eigenvalue weighted by Crippen LogP contribution is 2.34. The molecule has 1 fully saturated rings. The molecule has 3 heterocycles. The van der Waals surface area contributed by atoms with E-state index in [2.05, 4.69) is 25.5 Å². The maximum absolute atomic E-state index is 14.8. The van der Waals surface area contributed by atoms with E-state index in [1.54, 1.807) is 7.05 Å². The number of aromatic amines is 1. The molecule has 9 nitrogen and oxygen atoms in total. The van der Waals surface area contributed by atoms with Crippen molar-refractivity contribution >= 4 is 21.1 Å². The number of sulfonamides is 1. The van der Waals surface area contributed by atoms with E-state index in [1.165, 1.54) is 28.9 Å². The molecule has 1 saturated heterocycles. The summed E-state index contributed by atoms with van der Waals surface area (Å²) in [5, 5.41) is 10.1. The fourth-order valence-corrected chi connectivity index (χ4v) is 5.92. The smallest absolute Gasteiger partial charge is 0.211 e. The van der Waals surface area contributed by atoms with Crippen molar-refractivity contribution in [3.63, 3.8) is 0 Å². The van der Waals surface area contributed by atoms with Crippen molar-refractivity contribution < 1.29 is 17.2 Å². The lowest BCUT2D eigenvalue weighted by Gasteiger charge is -2.36. The standard InChI is InChI=1S/C25H27F2N7O2S/c1-29-12-14-9-18(26)22(19(27)10-14)25-30-13-20-24(31-25)23(33-32-20)16-5-3-15(4-6-16)21-11-17(28)7-8-34(21)37(2,35)36/h3-6,9-10,13,17,21,29H,7-8,11-12,28H2,1-2H3,(H,32,33). The van der Waals surface area contributed by atoms with Gasteiger partial charge in [-0.05, 0) is 43.1 Å². The molecule has 5 rings (SSSR count). The molecule has 1 aliphatic rings. The van der Waals surface area contributed by atoms with Gasteiger partial charge in [0.1, 0.15) is 28.4 Å². The van der Waals surface area contributed by atoms with Gasteiger partial charge in [-0.25, -0.2) is 27.2 Å². The molecule has 2 aromatic heterocycles. The van der Waals surface area contributed by atoms with Crippen LogP contribution in [0.3, 0.4) is 0 Å². The van der Waals surface area contributed by atoms with Crippen LogP contribution in [0.1, 0.15) is 30.0 Å². The van der Waals surface area contributed by atoms with Crippen LogP contribution >= 0.6 is 0 Å². The summed E-state index contributed by atoms with van der Waals surface area (Å²) in [5.74, 6) is -1.59. The molecule has 1 aliphatic heterocycles. The maximum Gasteiger partial charge on any atom is 0.211 e. The van der Waals surface area contributed by atoms with Gasteiger partial charge in [0, 0.05) is 24.7 Å². The molecule has 0 aliphatic carbocycles. The number of hydrogen-bond donors (Lipinski definition) is 3. The first kappa shape index (κ1) is 25.3. The third-order valence-corrected chi connectivity index (χ3v) is 7.89. The summed E-state index contributed by atoms with van der Waals surface area (Å²) in [5.41, 5.74) is 9.24. The molecule has 4 aromatic rings. The lowest BCUT2D eigenvalue weighted by Crippen LogP contribution is -2.44. The monoisotopic (exact) mass is 527 g/mol. The summed E-state index contributed by atoms with van der Waals surface area (Å²) in [7, 11) is -1.70. The molecular formula is C25H27F2N7O2S. The quantitative estimate of drug-likeness (QED) is 0.351. The fraction of sp³-hybridized carbons (Fsp3) is 0.320. The number of fused-ring (bicyclic) bond motifs is 1. The van der Waals surface area contributed by atoms with E-state index in [0.29, 0.717) is 53.8 Å². The second-order valence-corrected chi connectivity index (χ2v) is 11.2. The molecule has 12 heteroatoms. The zero-order chi connectivity index (χ0) is 26.3. The van der Waals surface area contributed by atoms with Crippen LogP contribution in [0.2, 0.25) is 0 Å². The minimum atomic E-state index is -3.39. The van der Waals surface area contributed by atoms with Gasteiger partial charge in [-0.15, -0.1) is 0 Å². The zero-order valence-corrected chi connectivity index (χ0v) is 21.2. The number of hydrogen-bond acceptors (Lipinski definition) is 7. The lowest BCUT2D eigenvalue weighted by atomic mass is 9.93. The van der Waals surface area contributed by atoms with E-state index in [1.807, 2.05) is 24.3 Å². The van der Waals surface area contributed by atoms with Crippen molar-refractivity contribution in [2.75, 3.05) is 19.8 Å². The highest BCUT2D eigenvalue weighted by atomic mass is 32.2. The summed E-state index contributed by atoms with van der Waals surface area (Å²) >= 11 is 0. The van der Waals surface area contributed by atoms with Gasteiger partial charge in [0.05, 0.1) is 24.1 Å². The van der Waals surface area contributed by atoms with Gasteiger partial charge in [-0.2, -0.15) is 9.40 Å². The predicted molar refractivity (Wildman–Crippen MR) is 137 cm³/mol. The molecular weight excluding hydrogens is 500 g/mol. The number of nitrogens with zero attached hydrogens (tertiary/aromatic N) is 4. The first-order valence-electron chi connectivity index (χ1n) is 11.8. The molecule has 0 radical (unpaired) electrons. The predicted octanol–water partition coefficient (Wildman–Crippen LogP) is 3.11. The van der Waals surface area contributed by atoms with Crippen molar-refractivity contribution in [1.29, 1.82) is 0 Å². The van der Waals surface area contributed by atoms with Crippen molar-refractivity contribution in [2.45, 2.75) is 31.5 Å². The largest absolute Gasteiger partial charge is 0.328 e. The highest BCUT2D eigenvalue weighted by molar-refractivity contribution is 7.88. The Balaban J connectivity index is 1.50. The van der Waals surface area contributed by atoms with Crippen molar-refractivity contribution in [3.05, 3.63) is 65.4 Å². The van der Waals surface area contributed by atoms with Gasteiger partial charge in [0.2, 0.25) is 10.0 Å². The number of halogens is 2. The molecule has 0 bridgehead atoms. The van der Waals surface area contributed by atoms with E-state index < -0.39 is 21.7 Å². The van der Waals surface area contributed by atoms with Crippen LogP contribution in [-0.4, -0.2) is 58.8 Å². The number of nitrogens with two attached hydrogens (primary N) is 1. The van der Waals surface area contributed by atoms with Crippen LogP contribution in [0.4, 0.5) is 8.78 Å². The normalized spacial score (nSPS) is 18.9. The van der Waals surface area contributed by atoms with Crippen molar-refractivity contribution in [1.82, 2.24) is 29.8 Å². The number of aromatic nitrogens is 4. The highest BCUT2D eigenvalue weighted by Gasteiger charge is 2.33. The van der Waals surface area contributed by atoms with Gasteiger partial charge < -0.3 is 11.1 Å². The Hall–Kier alpha value is -3.32. The van der Waals surface area contributed by atoms with Crippen LogP contribution in [0, 0.1) is 11.6 Å². The molecule has 37 heavy (non-hydrogen) atoms. The summed E-state index contributed by atoms with van der Waals surface area (Å²) in [4.78, 5) is 8.58. The molecule has 2 atom stereocenters. The maximum atomic E-state index is 14.8. The average molecular weight is 528 g/mol. The second-order valence-electron chi connectivity index (χ2n) is 9.29. The van der Waals surface area contributed by atoms with E-state index in [-0.39, 0.29) is 23.5 Å². The van der Waals surface area contributed by atoms with Crippen LogP contribution in [0.5, 0.6) is 0 Å². The van der Waals surface area contributed by atoms with Gasteiger partial charge in [-0.3, -0.25) is 5.10 Å². The molecule has 0 amide bonds. The summed E-state index contributed by atoms with van der Waals surface area (Å²) < 4.78 is 55.7. The number of nitrogens with one attached hydrogen (secondary N) is 2. The number of benzene rings is 2. The SMILES string of the molecule is CNCc1cc(F)c(-c2ncc3[nH]nc(-c4ccc(C5CC(N)CCN5S(C)(=O)=O)cc4)c3n2)c(F)c1. The van der Waals surface area contributed by atoms with Gasteiger partial charge in [0.25, 0.3) is 0 Å². The molecule has 4 N–H and O–H groups in total.